The monoisotopic (exact) mass is 217 g/mol. The predicted octanol–water partition coefficient (Wildman–Crippen LogP) is -0.429. The Kier molecular flexibility index (Phi) is 6.28. The largest absolute Gasteiger partial charge is 0.480 e. The van der Waals surface area contributed by atoms with E-state index in [1.54, 1.807) is 6.92 Å². The number of Topliss-reactive ketones (excluding diaryl/α,β-unsaturated/α-hetero) is 1. The highest BCUT2D eigenvalue weighted by Gasteiger charge is 2.22. The molecule has 0 aliphatic heterocycles. The van der Waals surface area contributed by atoms with Crippen molar-refractivity contribution in [2.45, 2.75) is 25.8 Å². The molecule has 6 nitrogen and oxygen atoms in total. The third kappa shape index (κ3) is 5.79. The third-order valence-corrected chi connectivity index (χ3v) is 1.73. The minimum absolute atomic E-state index is 0.193. The second-order valence-corrected chi connectivity index (χ2v) is 2.99. The molecule has 0 aromatic heterocycles. The minimum atomic E-state index is -1.22. The molecular formula is C9H15NO5. The normalized spacial score (nSPS) is 11.9. The van der Waals surface area contributed by atoms with Crippen molar-refractivity contribution >= 4 is 17.7 Å². The van der Waals surface area contributed by atoms with Crippen molar-refractivity contribution in [2.75, 3.05) is 13.7 Å². The van der Waals surface area contributed by atoms with E-state index in [1.165, 1.54) is 7.11 Å². The van der Waals surface area contributed by atoms with E-state index < -0.39 is 17.9 Å². The van der Waals surface area contributed by atoms with Gasteiger partial charge in [0.05, 0.1) is 0 Å². The number of ether oxygens (including phenoxy) is 1. The number of amides is 1. The first kappa shape index (κ1) is 13.6. The van der Waals surface area contributed by atoms with Gasteiger partial charge in [0.25, 0.3) is 0 Å². The molecule has 1 amide bonds. The van der Waals surface area contributed by atoms with E-state index in [1.807, 2.05) is 0 Å². The molecule has 0 saturated carbocycles. The van der Waals surface area contributed by atoms with Crippen molar-refractivity contribution < 1.29 is 24.2 Å². The molecule has 0 rings (SSSR count). The van der Waals surface area contributed by atoms with Crippen LogP contribution in [0.4, 0.5) is 0 Å². The third-order valence-electron chi connectivity index (χ3n) is 1.73. The molecule has 1 atom stereocenters. The van der Waals surface area contributed by atoms with Gasteiger partial charge >= 0.3 is 5.97 Å². The second kappa shape index (κ2) is 6.94. The summed E-state index contributed by atoms with van der Waals surface area (Å²) < 4.78 is 4.53. The number of carbonyl (C=O) groups excluding carboxylic acids is 2. The average Bonchev–Trinajstić information content (AvgIpc) is 2.16. The van der Waals surface area contributed by atoms with E-state index in [-0.39, 0.29) is 25.2 Å². The minimum Gasteiger partial charge on any atom is -0.480 e. The van der Waals surface area contributed by atoms with Crippen LogP contribution in [-0.4, -0.2) is 42.5 Å². The second-order valence-electron chi connectivity index (χ2n) is 2.99. The van der Waals surface area contributed by atoms with Gasteiger partial charge in [-0.1, -0.05) is 6.92 Å². The Labute approximate surface area is 87.6 Å². The molecule has 0 spiro atoms. The summed E-state index contributed by atoms with van der Waals surface area (Å²) in [5.41, 5.74) is 0. The predicted molar refractivity (Wildman–Crippen MR) is 51.4 cm³/mol. The van der Waals surface area contributed by atoms with Crippen molar-refractivity contribution in [1.82, 2.24) is 5.32 Å². The van der Waals surface area contributed by atoms with Gasteiger partial charge in [-0.15, -0.1) is 0 Å². The summed E-state index contributed by atoms with van der Waals surface area (Å²) in [5, 5.41) is 10.9. The van der Waals surface area contributed by atoms with E-state index in [0.29, 0.717) is 0 Å². The van der Waals surface area contributed by atoms with E-state index >= 15 is 0 Å². The van der Waals surface area contributed by atoms with Crippen LogP contribution in [0.1, 0.15) is 19.8 Å². The summed E-state index contributed by atoms with van der Waals surface area (Å²) >= 11 is 0. The lowest BCUT2D eigenvalue weighted by Gasteiger charge is -2.12. The van der Waals surface area contributed by atoms with Gasteiger partial charge in [0.2, 0.25) is 5.91 Å². The highest BCUT2D eigenvalue weighted by molar-refractivity contribution is 5.89. The maximum Gasteiger partial charge on any atom is 0.326 e. The van der Waals surface area contributed by atoms with Crippen LogP contribution in [0.2, 0.25) is 0 Å². The van der Waals surface area contributed by atoms with Crippen LogP contribution in [0.3, 0.4) is 0 Å². The number of rotatable bonds is 7. The first-order valence-corrected chi connectivity index (χ1v) is 4.54. The molecule has 86 valence electrons. The summed E-state index contributed by atoms with van der Waals surface area (Å²) in [7, 11) is 1.33. The molecule has 0 aromatic rings. The van der Waals surface area contributed by atoms with Gasteiger partial charge in [-0.25, -0.2) is 4.79 Å². The molecule has 0 radical (unpaired) electrons. The Morgan fingerprint density at radius 1 is 1.40 bits per heavy atom. The lowest BCUT2D eigenvalue weighted by atomic mass is 10.1. The topological polar surface area (TPSA) is 92.7 Å². The maximum absolute atomic E-state index is 11.0. The molecule has 0 saturated heterocycles. The van der Waals surface area contributed by atoms with Crippen LogP contribution in [0.5, 0.6) is 0 Å². The van der Waals surface area contributed by atoms with E-state index in [2.05, 4.69) is 10.1 Å². The first-order chi connectivity index (χ1) is 7.01. The maximum atomic E-state index is 11.0. The van der Waals surface area contributed by atoms with Gasteiger partial charge in [-0.2, -0.15) is 0 Å². The molecule has 15 heavy (non-hydrogen) atoms. The molecular weight excluding hydrogens is 202 g/mol. The zero-order valence-corrected chi connectivity index (χ0v) is 8.78. The smallest absolute Gasteiger partial charge is 0.326 e. The van der Waals surface area contributed by atoms with Crippen molar-refractivity contribution in [3.8, 4) is 0 Å². The van der Waals surface area contributed by atoms with E-state index in [0.717, 1.165) is 0 Å². The summed E-state index contributed by atoms with van der Waals surface area (Å²) in [6.07, 6.45) is 0.0607. The van der Waals surface area contributed by atoms with E-state index in [9.17, 15) is 14.4 Å². The Bertz CT molecular complexity index is 251. The lowest BCUT2D eigenvalue weighted by molar-refractivity contribution is -0.143. The number of carbonyl (C=O) groups is 3. The molecule has 0 aromatic carbocycles. The zero-order chi connectivity index (χ0) is 11.8. The fourth-order valence-corrected chi connectivity index (χ4v) is 0.939. The summed E-state index contributed by atoms with van der Waals surface area (Å²) in [4.78, 5) is 32.7. The number of carboxylic acid groups (broad SMARTS) is 1. The number of aliphatic carboxylic acids is 1. The summed E-state index contributed by atoms with van der Waals surface area (Å²) in [5.74, 6) is -1.98. The van der Waals surface area contributed by atoms with Crippen LogP contribution < -0.4 is 5.32 Å². The summed E-state index contributed by atoms with van der Waals surface area (Å²) in [6, 6.07) is -1.17. The van der Waals surface area contributed by atoms with Crippen LogP contribution >= 0.6 is 0 Å². The Morgan fingerprint density at radius 2 is 2.00 bits per heavy atom. The van der Waals surface area contributed by atoms with Gasteiger partial charge in [0, 0.05) is 20.0 Å². The Hall–Kier alpha value is -1.43. The van der Waals surface area contributed by atoms with Crippen molar-refractivity contribution in [2.24, 2.45) is 0 Å². The Morgan fingerprint density at radius 3 is 2.40 bits per heavy atom. The number of carboxylic acids is 1. The molecule has 2 N–H and O–H groups in total. The van der Waals surface area contributed by atoms with Crippen LogP contribution in [0.15, 0.2) is 0 Å². The zero-order valence-electron chi connectivity index (χ0n) is 8.78. The molecule has 6 heteroatoms. The van der Waals surface area contributed by atoms with Crippen LogP contribution in [0, 0.1) is 0 Å². The standard InChI is InChI=1S/C9H15NO5/c1-3-6(11)4-7(9(13)14)10-8(12)5-15-2/h7H,3-5H2,1-2H3,(H,10,12)(H,13,14). The van der Waals surface area contributed by atoms with Gasteiger partial charge in [-0.3, -0.25) is 9.59 Å². The Balaban J connectivity index is 4.22. The molecule has 0 fully saturated rings. The number of methoxy groups -OCH3 is 1. The van der Waals surface area contributed by atoms with Gasteiger partial charge < -0.3 is 15.2 Å². The molecule has 0 heterocycles. The molecule has 0 aliphatic carbocycles. The van der Waals surface area contributed by atoms with Gasteiger partial charge in [0.15, 0.2) is 0 Å². The van der Waals surface area contributed by atoms with E-state index in [4.69, 9.17) is 5.11 Å². The number of nitrogens with one attached hydrogen (secondary N) is 1. The molecule has 0 bridgehead atoms. The average molecular weight is 217 g/mol. The first-order valence-electron chi connectivity index (χ1n) is 4.54. The number of hydrogen-bond donors (Lipinski definition) is 2. The lowest BCUT2D eigenvalue weighted by Crippen LogP contribution is -2.43. The van der Waals surface area contributed by atoms with Crippen LogP contribution in [-0.2, 0) is 19.1 Å². The highest BCUT2D eigenvalue weighted by atomic mass is 16.5. The SMILES string of the molecule is CCC(=O)CC(NC(=O)COC)C(=O)O. The summed E-state index contributed by atoms with van der Waals surface area (Å²) in [6.45, 7) is 1.42. The van der Waals surface area contributed by atoms with Crippen molar-refractivity contribution in [3.63, 3.8) is 0 Å². The van der Waals surface area contributed by atoms with Crippen molar-refractivity contribution in [1.29, 1.82) is 0 Å². The fourth-order valence-electron chi connectivity index (χ4n) is 0.939. The molecule has 1 unspecified atom stereocenters. The van der Waals surface area contributed by atoms with Crippen molar-refractivity contribution in [3.05, 3.63) is 0 Å². The fraction of sp³-hybridized carbons (Fsp3) is 0.667. The number of ketones is 1. The van der Waals surface area contributed by atoms with Gasteiger partial charge in [-0.05, 0) is 0 Å². The highest BCUT2D eigenvalue weighted by Crippen LogP contribution is 1.97. The quantitative estimate of drug-likeness (QED) is 0.603. The number of hydrogen-bond acceptors (Lipinski definition) is 4. The van der Waals surface area contributed by atoms with Gasteiger partial charge in [0.1, 0.15) is 18.4 Å². The molecule has 0 aliphatic rings. The van der Waals surface area contributed by atoms with Crippen LogP contribution in [0.25, 0.3) is 0 Å².